The Morgan fingerprint density at radius 1 is 0.958 bits per heavy atom. The van der Waals surface area contributed by atoms with Gasteiger partial charge in [0.2, 0.25) is 0 Å². The molecule has 1 heterocycles. The van der Waals surface area contributed by atoms with Crippen LogP contribution in [0, 0.1) is 6.92 Å². The predicted octanol–water partition coefficient (Wildman–Crippen LogP) is 5.20. The molecule has 0 atom stereocenters. The van der Waals surface area contributed by atoms with Gasteiger partial charge in [0.1, 0.15) is 0 Å². The summed E-state index contributed by atoms with van der Waals surface area (Å²) in [6.45, 7) is 23.0. The molecule has 0 saturated carbocycles. The molecule has 4 heteroatoms. The normalized spacial score (nSPS) is 9.54. The molecule has 0 unspecified atom stereocenters. The van der Waals surface area contributed by atoms with Crippen LogP contribution in [-0.2, 0) is 5.41 Å². The molecule has 0 bridgehead atoms. The Morgan fingerprint density at radius 3 is 1.67 bits per heavy atom. The molecule has 0 amide bonds. The summed E-state index contributed by atoms with van der Waals surface area (Å²) >= 11 is 0. The molecule has 3 nitrogen and oxygen atoms in total. The van der Waals surface area contributed by atoms with Crippen molar-refractivity contribution in [1.29, 1.82) is 0 Å². The number of nitrogens with one attached hydrogen (secondary N) is 1. The maximum atomic E-state index is 6.50. The van der Waals surface area contributed by atoms with Crippen LogP contribution in [0.3, 0.4) is 0 Å². The van der Waals surface area contributed by atoms with Gasteiger partial charge >= 0.3 is 0 Å². The highest BCUT2D eigenvalue weighted by Crippen LogP contribution is 2.31. The zero-order valence-electron chi connectivity index (χ0n) is 18.4. The molecule has 1 rings (SSSR count). The average Bonchev–Trinajstić information content (AvgIpc) is 2.61. The molecule has 1 aromatic rings. The highest BCUT2D eigenvalue weighted by molar-refractivity contribution is 5.95. The van der Waals surface area contributed by atoms with Crippen molar-refractivity contribution in [3.8, 4) is 0 Å². The van der Waals surface area contributed by atoms with Crippen LogP contribution in [0.2, 0.25) is 0 Å². The van der Waals surface area contributed by atoms with E-state index < -0.39 is 0 Å². The Kier molecular flexibility index (Phi) is 23.8. The Bertz CT molecular complexity index is 349. The van der Waals surface area contributed by atoms with Crippen molar-refractivity contribution >= 4 is 8.05 Å². The lowest BCUT2D eigenvalue weighted by atomic mass is 9.75. The maximum absolute atomic E-state index is 6.50. The minimum Gasteiger partial charge on any atom is -0.461 e. The lowest BCUT2D eigenvalue weighted by Gasteiger charge is -2.35. The van der Waals surface area contributed by atoms with Crippen LogP contribution in [0.15, 0.2) is 18.3 Å². The molecule has 0 aliphatic carbocycles. The maximum Gasteiger partial charge on any atom is 0.277 e. The van der Waals surface area contributed by atoms with Crippen molar-refractivity contribution in [3.05, 3.63) is 29.6 Å². The Morgan fingerprint density at radius 2 is 1.38 bits per heavy atom. The summed E-state index contributed by atoms with van der Waals surface area (Å²) in [6, 6.07) is 4.28. The number of hydrogen-bond acceptors (Lipinski definition) is 3. The van der Waals surface area contributed by atoms with E-state index >= 15 is 0 Å². The summed E-state index contributed by atoms with van der Waals surface area (Å²) in [5, 5.41) is 9.86. The summed E-state index contributed by atoms with van der Waals surface area (Å²) < 4.78 is 0. The van der Waals surface area contributed by atoms with Gasteiger partial charge in [-0.25, -0.2) is 0 Å². The molecule has 0 spiro atoms. The molecule has 0 aliphatic heterocycles. The van der Waals surface area contributed by atoms with E-state index in [9.17, 15) is 0 Å². The minimum absolute atomic E-state index is 0.146. The topological polar surface area (TPSA) is 45.2 Å². The van der Waals surface area contributed by atoms with Gasteiger partial charge in [-0.2, -0.15) is 0 Å². The lowest BCUT2D eigenvalue weighted by Crippen LogP contribution is -2.41. The smallest absolute Gasteiger partial charge is 0.277 e. The van der Waals surface area contributed by atoms with Gasteiger partial charge in [-0.1, -0.05) is 61.5 Å². The van der Waals surface area contributed by atoms with Crippen LogP contribution in [0.4, 0.5) is 0 Å². The number of aryl methyl sites for hydroxylation is 1. The SMILES string of the molecule is CC.CC.CC.CNC(C)(C)CC(C)(C)c1ccc(C)nc1.[B]O. The van der Waals surface area contributed by atoms with Crippen molar-refractivity contribution in [3.63, 3.8) is 0 Å². The molecular formula is C20H43BN2O. The Balaban J connectivity index is -0.000000218. The van der Waals surface area contributed by atoms with Crippen LogP contribution in [0.1, 0.15) is 86.9 Å². The monoisotopic (exact) mass is 338 g/mol. The molecule has 1 aromatic heterocycles. The number of pyridine rings is 1. The van der Waals surface area contributed by atoms with Gasteiger partial charge < -0.3 is 10.3 Å². The first-order valence-corrected chi connectivity index (χ1v) is 9.15. The molecule has 0 saturated heterocycles. The Hall–Kier alpha value is -0.865. The van der Waals surface area contributed by atoms with Gasteiger partial charge in [0.25, 0.3) is 8.05 Å². The first kappa shape index (κ1) is 31.0. The lowest BCUT2D eigenvalue weighted by molar-refractivity contribution is 0.304. The number of aromatic nitrogens is 1. The van der Waals surface area contributed by atoms with Crippen molar-refractivity contribution in [1.82, 2.24) is 10.3 Å². The van der Waals surface area contributed by atoms with Gasteiger partial charge in [0, 0.05) is 17.4 Å². The number of nitrogens with zero attached hydrogens (tertiary/aromatic N) is 1. The van der Waals surface area contributed by atoms with E-state index in [-0.39, 0.29) is 11.0 Å². The van der Waals surface area contributed by atoms with Gasteiger partial charge in [-0.05, 0) is 51.3 Å². The van der Waals surface area contributed by atoms with E-state index in [2.05, 4.69) is 58.2 Å². The van der Waals surface area contributed by atoms with Crippen molar-refractivity contribution in [2.24, 2.45) is 0 Å². The van der Waals surface area contributed by atoms with Crippen molar-refractivity contribution in [2.45, 2.75) is 93.5 Å². The van der Waals surface area contributed by atoms with Crippen molar-refractivity contribution < 1.29 is 5.02 Å². The fourth-order valence-corrected chi connectivity index (χ4v) is 2.16. The van der Waals surface area contributed by atoms with E-state index in [1.165, 1.54) is 5.56 Å². The van der Waals surface area contributed by atoms with Crippen LogP contribution < -0.4 is 5.32 Å². The minimum atomic E-state index is 0.146. The molecule has 0 fully saturated rings. The second kappa shape index (κ2) is 18.5. The second-order valence-electron chi connectivity index (χ2n) is 5.88. The third-order valence-electron chi connectivity index (χ3n) is 3.25. The number of hydrogen-bond donors (Lipinski definition) is 2. The van der Waals surface area contributed by atoms with E-state index in [4.69, 9.17) is 5.02 Å². The van der Waals surface area contributed by atoms with Crippen LogP contribution >= 0.6 is 0 Å². The summed E-state index contributed by atoms with van der Waals surface area (Å²) in [5.74, 6) is 0. The quantitative estimate of drug-likeness (QED) is 0.742. The first-order chi connectivity index (χ1) is 11.3. The molecule has 142 valence electrons. The van der Waals surface area contributed by atoms with E-state index in [1.54, 1.807) is 0 Å². The van der Waals surface area contributed by atoms with Crippen LogP contribution in [-0.4, -0.2) is 30.6 Å². The molecule has 24 heavy (non-hydrogen) atoms. The van der Waals surface area contributed by atoms with E-state index in [1.807, 2.05) is 61.7 Å². The summed E-state index contributed by atoms with van der Waals surface area (Å²) in [5.41, 5.74) is 2.68. The third kappa shape index (κ3) is 14.7. The average molecular weight is 338 g/mol. The van der Waals surface area contributed by atoms with E-state index in [0.29, 0.717) is 0 Å². The van der Waals surface area contributed by atoms with Gasteiger partial charge in [-0.15, -0.1) is 0 Å². The zero-order valence-corrected chi connectivity index (χ0v) is 18.4. The zero-order chi connectivity index (χ0) is 20.4. The van der Waals surface area contributed by atoms with Gasteiger partial charge in [-0.3, -0.25) is 4.98 Å². The third-order valence-corrected chi connectivity index (χ3v) is 3.25. The molecule has 2 N–H and O–H groups in total. The largest absolute Gasteiger partial charge is 0.461 e. The first-order valence-electron chi connectivity index (χ1n) is 9.15. The standard InChI is InChI=1S/C14H24N2.3C2H6.BHO/c1-11-7-8-12(9-16-11)13(2,3)10-14(4,5)15-6;4*1-2/h7-9,15H,10H2,1-6H3;3*1-2H3;2H. The van der Waals surface area contributed by atoms with Crippen LogP contribution in [0.5, 0.6) is 0 Å². The molecular weight excluding hydrogens is 295 g/mol. The molecule has 0 aromatic carbocycles. The van der Waals surface area contributed by atoms with Gasteiger partial charge in [0.15, 0.2) is 0 Å². The molecule has 2 radical (unpaired) electrons. The van der Waals surface area contributed by atoms with Gasteiger partial charge in [0.05, 0.1) is 0 Å². The van der Waals surface area contributed by atoms with Crippen LogP contribution in [0.25, 0.3) is 0 Å². The summed E-state index contributed by atoms with van der Waals surface area (Å²) in [4.78, 5) is 4.38. The number of rotatable bonds is 4. The summed E-state index contributed by atoms with van der Waals surface area (Å²) in [7, 11) is 5.52. The molecule has 0 aliphatic rings. The highest BCUT2D eigenvalue weighted by atomic mass is 16.2. The fraction of sp³-hybridized carbons (Fsp3) is 0.750. The second-order valence-corrected chi connectivity index (χ2v) is 5.88. The predicted molar refractivity (Wildman–Crippen MR) is 112 cm³/mol. The highest BCUT2D eigenvalue weighted by Gasteiger charge is 2.29. The Labute approximate surface area is 154 Å². The fourth-order valence-electron chi connectivity index (χ4n) is 2.16. The van der Waals surface area contributed by atoms with Crippen molar-refractivity contribution in [2.75, 3.05) is 7.05 Å². The van der Waals surface area contributed by atoms with E-state index in [0.717, 1.165) is 12.1 Å². The summed E-state index contributed by atoms with van der Waals surface area (Å²) in [6.07, 6.45) is 3.09.